The molecule has 6 nitrogen and oxygen atoms in total. The second kappa shape index (κ2) is 9.28. The van der Waals surface area contributed by atoms with Gasteiger partial charge in [-0.05, 0) is 6.42 Å². The monoisotopic (exact) mass is 281 g/mol. The molecule has 3 N–H and O–H groups in total. The van der Waals surface area contributed by atoms with Gasteiger partial charge in [0.05, 0.1) is 11.5 Å². The van der Waals surface area contributed by atoms with Gasteiger partial charge in [0.25, 0.3) is 5.69 Å². The number of anilines is 1. The molecule has 0 unspecified atom stereocenters. The minimum atomic E-state index is -0.455. The number of nitro groups is 1. The number of rotatable bonds is 10. The number of nitrogens with two attached hydrogens (primary N) is 1. The third-order valence-corrected chi connectivity index (χ3v) is 3.12. The zero-order chi connectivity index (χ0) is 14.8. The SMILES string of the molecule is CCCCCCCOCc1cccc([N+](=O)[O-])c1NN. The first kappa shape index (κ1) is 16.4. The zero-order valence-electron chi connectivity index (χ0n) is 11.9. The van der Waals surface area contributed by atoms with Crippen LogP contribution >= 0.6 is 0 Å². The number of nitro benzene ring substituents is 1. The first-order chi connectivity index (χ1) is 9.70. The Morgan fingerprint density at radius 1 is 1.30 bits per heavy atom. The molecule has 0 bridgehead atoms. The van der Waals surface area contributed by atoms with Gasteiger partial charge < -0.3 is 10.2 Å². The molecule has 1 rings (SSSR count). The number of hydrogen-bond donors (Lipinski definition) is 2. The van der Waals surface area contributed by atoms with Crippen LogP contribution in [0.15, 0.2) is 18.2 Å². The normalized spacial score (nSPS) is 10.5. The Labute approximate surface area is 119 Å². The summed E-state index contributed by atoms with van der Waals surface area (Å²) in [5.74, 6) is 5.36. The summed E-state index contributed by atoms with van der Waals surface area (Å²) in [6.07, 6.45) is 5.88. The Balaban J connectivity index is 2.44. The molecule has 0 saturated heterocycles. The predicted octanol–water partition coefficient (Wildman–Crippen LogP) is 3.37. The second-order valence-corrected chi connectivity index (χ2v) is 4.68. The van der Waals surface area contributed by atoms with Crippen LogP contribution < -0.4 is 11.3 Å². The number of unbranched alkanes of at least 4 members (excludes halogenated alkanes) is 4. The molecular formula is C14H23N3O3. The van der Waals surface area contributed by atoms with E-state index < -0.39 is 4.92 Å². The molecular weight excluding hydrogens is 258 g/mol. The van der Waals surface area contributed by atoms with E-state index in [-0.39, 0.29) is 5.69 Å². The van der Waals surface area contributed by atoms with Gasteiger partial charge in [0.15, 0.2) is 0 Å². The number of nitrogen functional groups attached to an aromatic ring is 1. The lowest BCUT2D eigenvalue weighted by molar-refractivity contribution is -0.384. The summed E-state index contributed by atoms with van der Waals surface area (Å²) >= 11 is 0. The highest BCUT2D eigenvalue weighted by molar-refractivity contribution is 5.65. The van der Waals surface area contributed by atoms with Crippen LogP contribution in [0.4, 0.5) is 11.4 Å². The molecule has 1 aromatic rings. The van der Waals surface area contributed by atoms with Crippen LogP contribution in [0.25, 0.3) is 0 Å². The molecule has 0 radical (unpaired) electrons. The van der Waals surface area contributed by atoms with Crippen molar-refractivity contribution in [3.63, 3.8) is 0 Å². The lowest BCUT2D eigenvalue weighted by Gasteiger charge is -2.10. The van der Waals surface area contributed by atoms with Crippen molar-refractivity contribution >= 4 is 11.4 Å². The fourth-order valence-corrected chi connectivity index (χ4v) is 2.02. The Morgan fingerprint density at radius 3 is 2.70 bits per heavy atom. The van der Waals surface area contributed by atoms with Crippen LogP contribution in [-0.2, 0) is 11.3 Å². The molecule has 0 fully saturated rings. The molecule has 112 valence electrons. The Kier molecular flexibility index (Phi) is 7.60. The fraction of sp³-hybridized carbons (Fsp3) is 0.571. The number of hydrogen-bond acceptors (Lipinski definition) is 5. The van der Waals surface area contributed by atoms with E-state index in [1.807, 2.05) is 0 Å². The van der Waals surface area contributed by atoms with Crippen molar-refractivity contribution in [3.8, 4) is 0 Å². The van der Waals surface area contributed by atoms with Gasteiger partial charge in [-0.1, -0.05) is 44.7 Å². The summed E-state index contributed by atoms with van der Waals surface area (Å²) in [6.45, 7) is 3.17. The number of hydrazine groups is 1. The van der Waals surface area contributed by atoms with Crippen LogP contribution in [0.1, 0.15) is 44.6 Å². The van der Waals surface area contributed by atoms with Crippen molar-refractivity contribution in [1.82, 2.24) is 0 Å². The van der Waals surface area contributed by atoms with E-state index in [9.17, 15) is 10.1 Å². The first-order valence-corrected chi connectivity index (χ1v) is 7.01. The van der Waals surface area contributed by atoms with Crippen molar-refractivity contribution in [3.05, 3.63) is 33.9 Å². The molecule has 0 aliphatic rings. The van der Waals surface area contributed by atoms with Gasteiger partial charge in [-0.25, -0.2) is 0 Å². The number of nitrogens with zero attached hydrogens (tertiary/aromatic N) is 1. The topological polar surface area (TPSA) is 90.4 Å². The van der Waals surface area contributed by atoms with Gasteiger partial charge in [-0.15, -0.1) is 0 Å². The number of ether oxygens (including phenoxy) is 1. The molecule has 0 aliphatic heterocycles. The molecule has 0 saturated carbocycles. The standard InChI is InChI=1S/C14H23N3O3/c1-2-3-4-5-6-10-20-11-12-8-7-9-13(17(18)19)14(12)16-15/h7-9,16H,2-6,10-11,15H2,1H3. The quantitative estimate of drug-likeness (QED) is 0.297. The van der Waals surface area contributed by atoms with Crippen LogP contribution in [0.5, 0.6) is 0 Å². The highest BCUT2D eigenvalue weighted by Gasteiger charge is 2.16. The highest BCUT2D eigenvalue weighted by Crippen LogP contribution is 2.27. The van der Waals surface area contributed by atoms with Gasteiger partial charge in [0.1, 0.15) is 5.69 Å². The molecule has 0 spiro atoms. The lowest BCUT2D eigenvalue weighted by Crippen LogP contribution is -2.12. The number of para-hydroxylation sites is 1. The average molecular weight is 281 g/mol. The maximum Gasteiger partial charge on any atom is 0.294 e. The fourth-order valence-electron chi connectivity index (χ4n) is 2.02. The summed E-state index contributed by atoms with van der Waals surface area (Å²) in [6, 6.07) is 4.83. The van der Waals surface area contributed by atoms with E-state index in [2.05, 4.69) is 12.3 Å². The Morgan fingerprint density at radius 2 is 2.05 bits per heavy atom. The molecule has 0 heterocycles. The van der Waals surface area contributed by atoms with Gasteiger partial charge in [0, 0.05) is 18.2 Å². The van der Waals surface area contributed by atoms with Crippen LogP contribution in [0, 0.1) is 10.1 Å². The van der Waals surface area contributed by atoms with Gasteiger partial charge in [-0.3, -0.25) is 16.0 Å². The molecule has 0 aliphatic carbocycles. The third-order valence-electron chi connectivity index (χ3n) is 3.12. The summed E-state index contributed by atoms with van der Waals surface area (Å²) in [7, 11) is 0. The number of benzene rings is 1. The van der Waals surface area contributed by atoms with Crippen molar-refractivity contribution in [1.29, 1.82) is 0 Å². The van der Waals surface area contributed by atoms with Crippen molar-refractivity contribution in [2.24, 2.45) is 5.84 Å². The van der Waals surface area contributed by atoms with Crippen molar-refractivity contribution in [2.75, 3.05) is 12.0 Å². The molecule has 20 heavy (non-hydrogen) atoms. The maximum atomic E-state index is 10.9. The minimum Gasteiger partial charge on any atom is -0.377 e. The van der Waals surface area contributed by atoms with Crippen molar-refractivity contribution < 1.29 is 9.66 Å². The second-order valence-electron chi connectivity index (χ2n) is 4.68. The van der Waals surface area contributed by atoms with Crippen LogP contribution in [0.2, 0.25) is 0 Å². The lowest BCUT2D eigenvalue weighted by atomic mass is 10.1. The third kappa shape index (κ3) is 5.14. The summed E-state index contributed by atoms with van der Waals surface area (Å²) < 4.78 is 5.56. The summed E-state index contributed by atoms with van der Waals surface area (Å²) in [5.41, 5.74) is 3.39. The van der Waals surface area contributed by atoms with Crippen LogP contribution in [0.3, 0.4) is 0 Å². The molecule has 0 aromatic heterocycles. The van der Waals surface area contributed by atoms with Crippen LogP contribution in [-0.4, -0.2) is 11.5 Å². The summed E-state index contributed by atoms with van der Waals surface area (Å²) in [4.78, 5) is 10.4. The highest BCUT2D eigenvalue weighted by atomic mass is 16.6. The van der Waals surface area contributed by atoms with Gasteiger partial charge in [0.2, 0.25) is 0 Å². The van der Waals surface area contributed by atoms with Gasteiger partial charge in [-0.2, -0.15) is 0 Å². The zero-order valence-corrected chi connectivity index (χ0v) is 11.9. The Bertz CT molecular complexity index is 424. The van der Waals surface area contributed by atoms with E-state index >= 15 is 0 Å². The summed E-state index contributed by atoms with van der Waals surface area (Å²) in [5, 5.41) is 10.9. The predicted molar refractivity (Wildman–Crippen MR) is 79.3 cm³/mol. The van der Waals surface area contributed by atoms with E-state index in [0.717, 1.165) is 12.8 Å². The molecule has 0 atom stereocenters. The molecule has 6 heteroatoms. The molecule has 1 aromatic carbocycles. The minimum absolute atomic E-state index is 0.0310. The van der Waals surface area contributed by atoms with E-state index in [1.165, 1.54) is 25.3 Å². The van der Waals surface area contributed by atoms with E-state index in [1.54, 1.807) is 12.1 Å². The first-order valence-electron chi connectivity index (χ1n) is 7.01. The average Bonchev–Trinajstić information content (AvgIpc) is 2.45. The van der Waals surface area contributed by atoms with Crippen molar-refractivity contribution in [2.45, 2.75) is 45.6 Å². The van der Waals surface area contributed by atoms with Gasteiger partial charge >= 0.3 is 0 Å². The van der Waals surface area contributed by atoms with E-state index in [0.29, 0.717) is 24.5 Å². The molecule has 0 amide bonds. The Hall–Kier alpha value is -1.66. The largest absolute Gasteiger partial charge is 0.377 e. The number of nitrogens with one attached hydrogen (secondary N) is 1. The maximum absolute atomic E-state index is 10.9. The van der Waals surface area contributed by atoms with E-state index in [4.69, 9.17) is 10.6 Å². The smallest absolute Gasteiger partial charge is 0.294 e.